The summed E-state index contributed by atoms with van der Waals surface area (Å²) in [6.07, 6.45) is 0. The maximum absolute atomic E-state index is 5.61. The summed E-state index contributed by atoms with van der Waals surface area (Å²) in [4.78, 5) is 0. The molecule has 0 radical (unpaired) electrons. The summed E-state index contributed by atoms with van der Waals surface area (Å²) in [6, 6.07) is 6.08. The minimum atomic E-state index is 0.367. The normalized spacial score (nSPS) is 14.1. The van der Waals surface area contributed by atoms with E-state index in [1.54, 1.807) is 0 Å². The molecule has 82 valence electrons. The molecule has 0 aliphatic carbocycles. The van der Waals surface area contributed by atoms with Gasteiger partial charge in [0.05, 0.1) is 13.2 Å². The lowest BCUT2D eigenvalue weighted by atomic mass is 10.1. The number of anilines is 1. The Morgan fingerprint density at radius 1 is 1.25 bits per heavy atom. The summed E-state index contributed by atoms with van der Waals surface area (Å²) in [5.41, 5.74) is 9.00. The molecule has 0 amide bonds. The van der Waals surface area contributed by atoms with Crippen molar-refractivity contribution in [2.24, 2.45) is 0 Å². The molecule has 0 spiro atoms. The predicted octanol–water partition coefficient (Wildman–Crippen LogP) is 2.72. The lowest BCUT2D eigenvalue weighted by molar-refractivity contribution is 0.134. The highest BCUT2D eigenvalue weighted by Gasteiger charge is 2.17. The Balaban J connectivity index is 2.10. The van der Waals surface area contributed by atoms with Gasteiger partial charge in [-0.25, -0.2) is 0 Å². The molecule has 4 nitrogen and oxygen atoms in total. The number of halogens is 1. The Labute approximate surface area is 100 Å². The third-order valence-corrected chi connectivity index (χ3v) is 3.41. The maximum Gasteiger partial charge on any atom is 0.183 e. The molecule has 16 heavy (non-hydrogen) atoms. The Hall–Kier alpha value is -1.33. The lowest BCUT2D eigenvalue weighted by Gasteiger charge is -2.00. The molecular weight excluding hydrogens is 272 g/mol. The van der Waals surface area contributed by atoms with Crippen molar-refractivity contribution in [3.63, 3.8) is 0 Å². The number of nitrogens with zero attached hydrogens (tertiary/aromatic N) is 1. The number of rotatable bonds is 1. The van der Waals surface area contributed by atoms with Gasteiger partial charge in [-0.15, -0.1) is 0 Å². The van der Waals surface area contributed by atoms with E-state index in [4.69, 9.17) is 15.0 Å². The van der Waals surface area contributed by atoms with Gasteiger partial charge >= 0.3 is 0 Å². The maximum atomic E-state index is 5.61. The minimum absolute atomic E-state index is 0.367. The molecule has 1 aromatic heterocycles. The summed E-state index contributed by atoms with van der Waals surface area (Å²) >= 11 is 3.36. The van der Waals surface area contributed by atoms with Crippen LogP contribution >= 0.6 is 15.9 Å². The van der Waals surface area contributed by atoms with Gasteiger partial charge in [0.2, 0.25) is 0 Å². The van der Waals surface area contributed by atoms with Crippen LogP contribution in [-0.2, 0) is 18.0 Å². The van der Waals surface area contributed by atoms with Crippen LogP contribution in [0, 0.1) is 0 Å². The molecule has 0 atom stereocenters. The number of fused-ring (bicyclic) bond motifs is 1. The fourth-order valence-corrected chi connectivity index (χ4v) is 2.16. The van der Waals surface area contributed by atoms with Crippen LogP contribution in [-0.4, -0.2) is 5.16 Å². The van der Waals surface area contributed by atoms with Crippen LogP contribution in [0.25, 0.3) is 11.3 Å². The van der Waals surface area contributed by atoms with Crippen molar-refractivity contribution in [2.45, 2.75) is 13.2 Å². The second kappa shape index (κ2) is 3.61. The van der Waals surface area contributed by atoms with Gasteiger partial charge in [-0.05, 0) is 33.1 Å². The number of hydrogen-bond acceptors (Lipinski definition) is 4. The number of benzene rings is 1. The molecule has 1 aliphatic rings. The van der Waals surface area contributed by atoms with E-state index in [0.717, 1.165) is 5.56 Å². The zero-order valence-corrected chi connectivity index (χ0v) is 9.95. The van der Waals surface area contributed by atoms with Gasteiger partial charge in [-0.2, -0.15) is 0 Å². The van der Waals surface area contributed by atoms with Crippen molar-refractivity contribution in [3.8, 4) is 11.3 Å². The highest BCUT2D eigenvalue weighted by atomic mass is 79.9. The first-order chi connectivity index (χ1) is 7.75. The van der Waals surface area contributed by atoms with E-state index < -0.39 is 0 Å². The van der Waals surface area contributed by atoms with E-state index >= 15 is 0 Å². The summed E-state index contributed by atoms with van der Waals surface area (Å²) in [6.45, 7) is 1.35. The van der Waals surface area contributed by atoms with Crippen LogP contribution in [0.3, 0.4) is 0 Å². The molecule has 5 heteroatoms. The van der Waals surface area contributed by atoms with Crippen molar-refractivity contribution in [3.05, 3.63) is 33.8 Å². The Bertz CT molecular complexity index is 551. The van der Waals surface area contributed by atoms with Crippen LogP contribution < -0.4 is 5.73 Å². The average molecular weight is 281 g/mol. The molecule has 1 aromatic carbocycles. The Morgan fingerprint density at radius 3 is 2.81 bits per heavy atom. The van der Waals surface area contributed by atoms with E-state index in [9.17, 15) is 0 Å². The first-order valence-electron chi connectivity index (χ1n) is 4.86. The van der Waals surface area contributed by atoms with Gasteiger partial charge in [-0.1, -0.05) is 17.3 Å². The molecule has 0 fully saturated rings. The van der Waals surface area contributed by atoms with Gasteiger partial charge in [0.15, 0.2) is 11.6 Å². The monoisotopic (exact) mass is 280 g/mol. The zero-order valence-electron chi connectivity index (χ0n) is 8.37. The first-order valence-corrected chi connectivity index (χ1v) is 5.65. The van der Waals surface area contributed by atoms with Crippen LogP contribution in [0.2, 0.25) is 0 Å². The van der Waals surface area contributed by atoms with Crippen LogP contribution in [0.5, 0.6) is 0 Å². The third kappa shape index (κ3) is 1.44. The summed E-state index contributed by atoms with van der Waals surface area (Å²) < 4.78 is 11.2. The molecule has 0 saturated carbocycles. The Morgan fingerprint density at radius 2 is 2.06 bits per heavy atom. The standard InChI is InChI=1S/C11H9BrN2O2/c12-9-10(16-14-11(9)13)6-1-2-7-4-15-5-8(7)3-6/h1-3H,4-5H2,(H2,13,14). The zero-order chi connectivity index (χ0) is 11.1. The summed E-state index contributed by atoms with van der Waals surface area (Å²) in [5, 5.41) is 3.71. The second-order valence-electron chi connectivity index (χ2n) is 3.69. The molecule has 0 saturated heterocycles. The van der Waals surface area contributed by atoms with Gasteiger partial charge < -0.3 is 15.0 Å². The van der Waals surface area contributed by atoms with Crippen molar-refractivity contribution >= 4 is 21.7 Å². The molecule has 2 aromatic rings. The largest absolute Gasteiger partial charge is 0.380 e. The number of hydrogen-bond donors (Lipinski definition) is 1. The average Bonchev–Trinajstić information content (AvgIpc) is 2.86. The highest BCUT2D eigenvalue weighted by molar-refractivity contribution is 9.10. The molecule has 2 N–H and O–H groups in total. The third-order valence-electron chi connectivity index (χ3n) is 2.64. The number of nitrogens with two attached hydrogens (primary N) is 1. The van der Waals surface area contributed by atoms with Gasteiger partial charge in [-0.3, -0.25) is 0 Å². The van der Waals surface area contributed by atoms with Crippen molar-refractivity contribution in [1.82, 2.24) is 5.16 Å². The van der Waals surface area contributed by atoms with Gasteiger partial charge in [0.1, 0.15) is 4.47 Å². The number of ether oxygens (including phenoxy) is 1. The van der Waals surface area contributed by atoms with Crippen LogP contribution in [0.1, 0.15) is 11.1 Å². The van der Waals surface area contributed by atoms with Crippen LogP contribution in [0.15, 0.2) is 27.2 Å². The van der Waals surface area contributed by atoms with E-state index in [2.05, 4.69) is 21.1 Å². The van der Waals surface area contributed by atoms with Crippen molar-refractivity contribution in [1.29, 1.82) is 0 Å². The lowest BCUT2D eigenvalue weighted by Crippen LogP contribution is -1.85. The van der Waals surface area contributed by atoms with E-state index in [0.29, 0.717) is 29.3 Å². The summed E-state index contributed by atoms with van der Waals surface area (Å²) in [5.74, 6) is 1.03. The molecule has 3 rings (SSSR count). The van der Waals surface area contributed by atoms with E-state index in [-0.39, 0.29) is 0 Å². The van der Waals surface area contributed by atoms with Crippen molar-refractivity contribution in [2.75, 3.05) is 5.73 Å². The SMILES string of the molecule is Nc1noc(-c2ccc3c(c2)COC3)c1Br. The number of aromatic nitrogens is 1. The summed E-state index contributed by atoms with van der Waals surface area (Å²) in [7, 11) is 0. The predicted molar refractivity (Wildman–Crippen MR) is 62.5 cm³/mol. The quantitative estimate of drug-likeness (QED) is 0.873. The molecule has 0 bridgehead atoms. The van der Waals surface area contributed by atoms with Crippen molar-refractivity contribution < 1.29 is 9.26 Å². The molecular formula is C11H9BrN2O2. The number of nitrogen functional groups attached to an aromatic ring is 1. The first kappa shape index (κ1) is 9.86. The van der Waals surface area contributed by atoms with Crippen LogP contribution in [0.4, 0.5) is 5.82 Å². The van der Waals surface area contributed by atoms with E-state index in [1.165, 1.54) is 11.1 Å². The Kier molecular flexibility index (Phi) is 2.22. The van der Waals surface area contributed by atoms with E-state index in [1.807, 2.05) is 18.2 Å². The highest BCUT2D eigenvalue weighted by Crippen LogP contribution is 2.34. The topological polar surface area (TPSA) is 61.3 Å². The fraction of sp³-hybridized carbons (Fsp3) is 0.182. The smallest absolute Gasteiger partial charge is 0.183 e. The molecule has 1 aliphatic heterocycles. The second-order valence-corrected chi connectivity index (χ2v) is 4.48. The fourth-order valence-electron chi connectivity index (χ4n) is 1.78. The van der Waals surface area contributed by atoms with Gasteiger partial charge in [0, 0.05) is 5.56 Å². The minimum Gasteiger partial charge on any atom is -0.380 e. The van der Waals surface area contributed by atoms with Gasteiger partial charge in [0.25, 0.3) is 0 Å². The molecule has 0 unspecified atom stereocenters. The molecule has 2 heterocycles.